The van der Waals surface area contributed by atoms with Gasteiger partial charge in [-0.2, -0.15) is 5.10 Å². The Hall–Kier alpha value is -2.09. The summed E-state index contributed by atoms with van der Waals surface area (Å²) in [5, 5.41) is 4.33. The number of carbonyl (C=O) groups is 1. The number of aromatic nitrogens is 3. The summed E-state index contributed by atoms with van der Waals surface area (Å²) in [4.78, 5) is 18.1. The standard InChI is InChI=1S/C20H27F2N5O/c1-13(18(23)19(28)26-10-9-20(21,22)11-26)14-5-7-15(8-6-14)16-3-2-4-17-24-12-25-27(16)17/h2-4,12-15,18H,5-11,23H2,1H3/t13-,14?,15?,18-/m0/s1. The molecule has 1 saturated carbocycles. The highest BCUT2D eigenvalue weighted by Gasteiger charge is 2.43. The zero-order valence-electron chi connectivity index (χ0n) is 16.1. The van der Waals surface area contributed by atoms with Gasteiger partial charge in [-0.1, -0.05) is 13.0 Å². The Labute approximate surface area is 163 Å². The summed E-state index contributed by atoms with van der Waals surface area (Å²) in [6, 6.07) is 5.33. The molecule has 28 heavy (non-hydrogen) atoms. The van der Waals surface area contributed by atoms with E-state index in [1.807, 2.05) is 23.6 Å². The molecule has 152 valence electrons. The minimum Gasteiger partial charge on any atom is -0.335 e. The molecule has 0 aromatic carbocycles. The number of alkyl halides is 2. The summed E-state index contributed by atoms with van der Waals surface area (Å²) in [6.07, 6.45) is 5.23. The zero-order valence-corrected chi connectivity index (χ0v) is 16.1. The summed E-state index contributed by atoms with van der Waals surface area (Å²) >= 11 is 0. The smallest absolute Gasteiger partial charge is 0.267 e. The second-order valence-corrected chi connectivity index (χ2v) is 8.34. The normalized spacial score (nSPS) is 27.1. The first-order valence-corrected chi connectivity index (χ1v) is 10.1. The predicted octanol–water partition coefficient (Wildman–Crippen LogP) is 2.83. The van der Waals surface area contributed by atoms with E-state index in [-0.39, 0.29) is 24.8 Å². The monoisotopic (exact) mass is 391 g/mol. The number of fused-ring (bicyclic) bond motifs is 1. The Morgan fingerprint density at radius 2 is 2.04 bits per heavy atom. The van der Waals surface area contributed by atoms with Gasteiger partial charge in [-0.25, -0.2) is 18.3 Å². The van der Waals surface area contributed by atoms with Gasteiger partial charge in [0.2, 0.25) is 5.91 Å². The molecule has 8 heteroatoms. The van der Waals surface area contributed by atoms with Crippen molar-refractivity contribution < 1.29 is 13.6 Å². The molecule has 0 spiro atoms. The summed E-state index contributed by atoms with van der Waals surface area (Å²) in [5.41, 5.74) is 8.23. The van der Waals surface area contributed by atoms with Gasteiger partial charge >= 0.3 is 0 Å². The lowest BCUT2D eigenvalue weighted by Gasteiger charge is -2.35. The van der Waals surface area contributed by atoms with Crippen molar-refractivity contribution in [1.82, 2.24) is 19.5 Å². The summed E-state index contributed by atoms with van der Waals surface area (Å²) in [7, 11) is 0. The molecule has 2 aliphatic rings. The second-order valence-electron chi connectivity index (χ2n) is 8.34. The Kier molecular flexibility index (Phi) is 5.07. The molecule has 6 nitrogen and oxygen atoms in total. The third kappa shape index (κ3) is 3.62. The van der Waals surface area contributed by atoms with Crippen LogP contribution >= 0.6 is 0 Å². The summed E-state index contributed by atoms with van der Waals surface area (Å²) in [5.74, 6) is -2.41. The van der Waals surface area contributed by atoms with E-state index in [1.54, 1.807) is 6.33 Å². The number of pyridine rings is 1. The SMILES string of the molecule is C[C@@H](C1CCC(c2cccc3ncnn23)CC1)[C@H](N)C(=O)N1CCC(F)(F)C1. The van der Waals surface area contributed by atoms with Crippen LogP contribution in [0.25, 0.3) is 5.65 Å². The lowest BCUT2D eigenvalue weighted by atomic mass is 9.73. The van der Waals surface area contributed by atoms with Crippen molar-refractivity contribution in [1.29, 1.82) is 0 Å². The summed E-state index contributed by atoms with van der Waals surface area (Å²) in [6.45, 7) is 1.59. The van der Waals surface area contributed by atoms with Crippen LogP contribution in [0.1, 0.15) is 50.6 Å². The first-order valence-electron chi connectivity index (χ1n) is 10.1. The number of halogens is 2. The molecule has 2 aromatic heterocycles. The predicted molar refractivity (Wildman–Crippen MR) is 101 cm³/mol. The molecule has 3 heterocycles. The van der Waals surface area contributed by atoms with Crippen molar-refractivity contribution in [2.75, 3.05) is 13.1 Å². The van der Waals surface area contributed by atoms with Crippen LogP contribution < -0.4 is 5.73 Å². The Morgan fingerprint density at radius 1 is 1.29 bits per heavy atom. The number of carbonyl (C=O) groups excluding carboxylic acids is 1. The maximum Gasteiger partial charge on any atom is 0.267 e. The van der Waals surface area contributed by atoms with Crippen molar-refractivity contribution in [2.24, 2.45) is 17.6 Å². The van der Waals surface area contributed by atoms with Gasteiger partial charge in [0.25, 0.3) is 5.92 Å². The maximum absolute atomic E-state index is 13.4. The fourth-order valence-corrected chi connectivity index (χ4v) is 4.77. The third-order valence-electron chi connectivity index (χ3n) is 6.60. The van der Waals surface area contributed by atoms with Crippen LogP contribution in [0.4, 0.5) is 8.78 Å². The minimum absolute atomic E-state index is 0.0233. The highest BCUT2D eigenvalue weighted by Crippen LogP contribution is 2.39. The van der Waals surface area contributed by atoms with Crippen LogP contribution in [0.3, 0.4) is 0 Å². The van der Waals surface area contributed by atoms with Crippen molar-refractivity contribution in [3.63, 3.8) is 0 Å². The van der Waals surface area contributed by atoms with Gasteiger partial charge in [-0.05, 0) is 49.7 Å². The lowest BCUT2D eigenvalue weighted by molar-refractivity contribution is -0.134. The Bertz CT molecular complexity index is 846. The molecule has 0 unspecified atom stereocenters. The zero-order chi connectivity index (χ0) is 19.9. The molecule has 2 aromatic rings. The molecule has 2 N–H and O–H groups in total. The van der Waals surface area contributed by atoms with E-state index in [2.05, 4.69) is 16.1 Å². The molecule has 2 fully saturated rings. The topological polar surface area (TPSA) is 76.5 Å². The van der Waals surface area contributed by atoms with Gasteiger partial charge in [0.15, 0.2) is 5.65 Å². The average molecular weight is 391 g/mol. The van der Waals surface area contributed by atoms with Gasteiger partial charge in [0.05, 0.1) is 12.6 Å². The molecule has 0 radical (unpaired) electrons. The van der Waals surface area contributed by atoms with Crippen molar-refractivity contribution in [3.8, 4) is 0 Å². The largest absolute Gasteiger partial charge is 0.335 e. The molecule has 1 amide bonds. The van der Waals surface area contributed by atoms with Gasteiger partial charge in [-0.15, -0.1) is 0 Å². The molecule has 2 atom stereocenters. The lowest BCUT2D eigenvalue weighted by Crippen LogP contribution is -2.49. The molecular weight excluding hydrogens is 364 g/mol. The van der Waals surface area contributed by atoms with Crippen molar-refractivity contribution >= 4 is 11.6 Å². The van der Waals surface area contributed by atoms with E-state index < -0.39 is 18.5 Å². The fourth-order valence-electron chi connectivity index (χ4n) is 4.77. The molecular formula is C20H27F2N5O. The van der Waals surface area contributed by atoms with Gasteiger partial charge in [0.1, 0.15) is 6.33 Å². The highest BCUT2D eigenvalue weighted by molar-refractivity contribution is 5.82. The van der Waals surface area contributed by atoms with Crippen LogP contribution in [0, 0.1) is 11.8 Å². The first-order chi connectivity index (χ1) is 13.4. The van der Waals surface area contributed by atoms with Crippen molar-refractivity contribution in [2.45, 2.75) is 56.9 Å². The Balaban J connectivity index is 1.37. The number of hydrogen-bond acceptors (Lipinski definition) is 4. The fraction of sp³-hybridized carbons (Fsp3) is 0.650. The second kappa shape index (κ2) is 7.39. The van der Waals surface area contributed by atoms with E-state index in [4.69, 9.17) is 5.73 Å². The van der Waals surface area contributed by atoms with Crippen molar-refractivity contribution in [3.05, 3.63) is 30.2 Å². The van der Waals surface area contributed by atoms with Crippen LogP contribution in [-0.4, -0.2) is 50.5 Å². The first kappa shape index (κ1) is 19.2. The molecule has 1 saturated heterocycles. The number of hydrogen-bond donors (Lipinski definition) is 1. The van der Waals surface area contributed by atoms with E-state index in [9.17, 15) is 13.6 Å². The Morgan fingerprint density at radius 3 is 2.71 bits per heavy atom. The van der Waals surface area contributed by atoms with E-state index in [1.165, 1.54) is 10.6 Å². The number of amides is 1. The minimum atomic E-state index is -2.78. The van der Waals surface area contributed by atoms with E-state index in [0.29, 0.717) is 11.8 Å². The average Bonchev–Trinajstić information content (AvgIpc) is 3.32. The van der Waals surface area contributed by atoms with Crippen LogP contribution in [0.2, 0.25) is 0 Å². The quantitative estimate of drug-likeness (QED) is 0.870. The number of nitrogens with two attached hydrogens (primary N) is 1. The molecule has 4 rings (SSSR count). The van der Waals surface area contributed by atoms with Crippen LogP contribution in [0.5, 0.6) is 0 Å². The third-order valence-corrected chi connectivity index (χ3v) is 6.60. The molecule has 0 bridgehead atoms. The van der Waals surface area contributed by atoms with Gasteiger partial charge < -0.3 is 10.6 Å². The number of likely N-dealkylation sites (tertiary alicyclic amines) is 1. The summed E-state index contributed by atoms with van der Waals surface area (Å²) < 4.78 is 28.7. The number of rotatable bonds is 4. The van der Waals surface area contributed by atoms with E-state index in [0.717, 1.165) is 31.3 Å². The highest BCUT2D eigenvalue weighted by atomic mass is 19.3. The molecule has 1 aliphatic carbocycles. The van der Waals surface area contributed by atoms with Gasteiger partial charge in [0, 0.05) is 24.6 Å². The number of nitrogens with zero attached hydrogens (tertiary/aromatic N) is 4. The van der Waals surface area contributed by atoms with Gasteiger partial charge in [-0.3, -0.25) is 4.79 Å². The van der Waals surface area contributed by atoms with Crippen LogP contribution in [-0.2, 0) is 4.79 Å². The molecule has 1 aliphatic heterocycles. The maximum atomic E-state index is 13.4. The van der Waals surface area contributed by atoms with E-state index >= 15 is 0 Å². The van der Waals surface area contributed by atoms with Crippen LogP contribution in [0.15, 0.2) is 24.5 Å².